The Morgan fingerprint density at radius 1 is 1.17 bits per heavy atom. The summed E-state index contributed by atoms with van der Waals surface area (Å²) >= 11 is 0. The first-order valence-corrected chi connectivity index (χ1v) is 3.75. The smallest absolute Gasteiger partial charge is 0.126 e. The van der Waals surface area contributed by atoms with Crippen molar-refractivity contribution in [3.63, 3.8) is 0 Å². The molecular weight excluding hydrogens is 162 g/mol. The molecule has 1 nitrogen and oxygen atoms in total. The van der Waals surface area contributed by atoms with E-state index in [-0.39, 0.29) is 6.61 Å². The molecule has 0 aliphatic carbocycles. The average Bonchev–Trinajstić information content (AvgIpc) is 1.99. The standard InChI is InChI=1S/C9H10F2O/c1-2-12-6-7-3-8(10)5-9(11)4-7/h3-5H,2,6H2,1H3. The van der Waals surface area contributed by atoms with E-state index < -0.39 is 11.6 Å². The number of halogens is 2. The molecule has 1 rings (SSSR count). The topological polar surface area (TPSA) is 9.23 Å². The van der Waals surface area contributed by atoms with Gasteiger partial charge < -0.3 is 4.74 Å². The van der Waals surface area contributed by atoms with Crippen molar-refractivity contribution in [3.05, 3.63) is 35.4 Å². The molecule has 0 atom stereocenters. The van der Waals surface area contributed by atoms with Crippen LogP contribution in [0.3, 0.4) is 0 Å². The van der Waals surface area contributed by atoms with Gasteiger partial charge in [-0.05, 0) is 24.6 Å². The average molecular weight is 172 g/mol. The fourth-order valence-electron chi connectivity index (χ4n) is 0.914. The molecule has 12 heavy (non-hydrogen) atoms. The van der Waals surface area contributed by atoms with Crippen LogP contribution in [0.5, 0.6) is 0 Å². The van der Waals surface area contributed by atoms with Crippen LogP contribution in [-0.2, 0) is 11.3 Å². The molecule has 0 saturated carbocycles. The van der Waals surface area contributed by atoms with Gasteiger partial charge in [0, 0.05) is 12.7 Å². The summed E-state index contributed by atoms with van der Waals surface area (Å²) in [7, 11) is 0. The summed E-state index contributed by atoms with van der Waals surface area (Å²) in [4.78, 5) is 0. The van der Waals surface area contributed by atoms with Crippen LogP contribution in [0.1, 0.15) is 12.5 Å². The molecule has 0 fully saturated rings. The summed E-state index contributed by atoms with van der Waals surface area (Å²) in [5.41, 5.74) is 0.523. The van der Waals surface area contributed by atoms with E-state index >= 15 is 0 Å². The number of hydrogen-bond donors (Lipinski definition) is 0. The predicted molar refractivity (Wildman–Crippen MR) is 41.7 cm³/mol. The molecule has 0 amide bonds. The van der Waals surface area contributed by atoms with E-state index in [1.54, 1.807) is 0 Å². The lowest BCUT2D eigenvalue weighted by Gasteiger charge is -2.01. The number of hydrogen-bond acceptors (Lipinski definition) is 1. The third kappa shape index (κ3) is 2.58. The minimum atomic E-state index is -0.565. The molecule has 1 aromatic carbocycles. The van der Waals surface area contributed by atoms with E-state index in [9.17, 15) is 8.78 Å². The number of ether oxygens (including phenoxy) is 1. The zero-order chi connectivity index (χ0) is 8.97. The SMILES string of the molecule is CCOCc1cc(F)cc(F)c1. The highest BCUT2D eigenvalue weighted by atomic mass is 19.1. The van der Waals surface area contributed by atoms with E-state index in [4.69, 9.17) is 4.74 Å². The summed E-state index contributed by atoms with van der Waals surface area (Å²) in [6, 6.07) is 3.37. The molecule has 1 aromatic rings. The maximum Gasteiger partial charge on any atom is 0.126 e. The van der Waals surface area contributed by atoms with Gasteiger partial charge in [0.2, 0.25) is 0 Å². The third-order valence-electron chi connectivity index (χ3n) is 1.40. The maximum atomic E-state index is 12.6. The summed E-state index contributed by atoms with van der Waals surface area (Å²) < 4.78 is 30.1. The molecule has 3 heteroatoms. The van der Waals surface area contributed by atoms with Gasteiger partial charge in [-0.3, -0.25) is 0 Å². The molecule has 0 radical (unpaired) electrons. The lowest BCUT2D eigenvalue weighted by molar-refractivity contribution is 0.133. The minimum absolute atomic E-state index is 0.255. The second kappa shape index (κ2) is 4.16. The monoisotopic (exact) mass is 172 g/mol. The van der Waals surface area contributed by atoms with Gasteiger partial charge in [0.1, 0.15) is 11.6 Å². The van der Waals surface area contributed by atoms with Gasteiger partial charge in [0.15, 0.2) is 0 Å². The lowest BCUT2D eigenvalue weighted by atomic mass is 10.2. The molecular formula is C9H10F2O. The first-order valence-electron chi connectivity index (χ1n) is 3.75. The van der Waals surface area contributed by atoms with Crippen molar-refractivity contribution in [3.8, 4) is 0 Å². The van der Waals surface area contributed by atoms with E-state index in [1.807, 2.05) is 6.92 Å². The molecule has 66 valence electrons. The lowest BCUT2D eigenvalue weighted by Crippen LogP contribution is -1.93. The van der Waals surface area contributed by atoms with Crippen LogP contribution >= 0.6 is 0 Å². The van der Waals surface area contributed by atoms with Crippen LogP contribution in [0.15, 0.2) is 18.2 Å². The van der Waals surface area contributed by atoms with Gasteiger partial charge >= 0.3 is 0 Å². The highest BCUT2D eigenvalue weighted by Gasteiger charge is 1.99. The summed E-state index contributed by atoms with van der Waals surface area (Å²) in [5, 5.41) is 0. The van der Waals surface area contributed by atoms with Crippen molar-refractivity contribution in [1.82, 2.24) is 0 Å². The van der Waals surface area contributed by atoms with Gasteiger partial charge in [-0.2, -0.15) is 0 Å². The first kappa shape index (κ1) is 9.13. The number of benzene rings is 1. The maximum absolute atomic E-state index is 12.6. The van der Waals surface area contributed by atoms with Crippen LogP contribution in [0.25, 0.3) is 0 Å². The van der Waals surface area contributed by atoms with E-state index in [0.29, 0.717) is 12.2 Å². The fraction of sp³-hybridized carbons (Fsp3) is 0.333. The zero-order valence-electron chi connectivity index (χ0n) is 6.81. The van der Waals surface area contributed by atoms with E-state index in [1.165, 1.54) is 12.1 Å². The highest BCUT2D eigenvalue weighted by Crippen LogP contribution is 2.08. The summed E-state index contributed by atoms with van der Waals surface area (Å²) in [6.07, 6.45) is 0. The summed E-state index contributed by atoms with van der Waals surface area (Å²) in [5.74, 6) is -1.13. The van der Waals surface area contributed by atoms with Crippen molar-refractivity contribution >= 4 is 0 Å². The second-order valence-corrected chi connectivity index (χ2v) is 2.41. The Labute approximate surface area is 70.0 Å². The van der Waals surface area contributed by atoms with Gasteiger partial charge in [0.05, 0.1) is 6.61 Å². The highest BCUT2D eigenvalue weighted by molar-refractivity contribution is 5.16. The van der Waals surface area contributed by atoms with Crippen LogP contribution in [0.4, 0.5) is 8.78 Å². The second-order valence-electron chi connectivity index (χ2n) is 2.41. The third-order valence-corrected chi connectivity index (χ3v) is 1.40. The predicted octanol–water partition coefficient (Wildman–Crippen LogP) is 2.50. The molecule has 0 saturated heterocycles. The minimum Gasteiger partial charge on any atom is -0.377 e. The van der Waals surface area contributed by atoms with E-state index in [2.05, 4.69) is 0 Å². The van der Waals surface area contributed by atoms with Gasteiger partial charge in [-0.15, -0.1) is 0 Å². The zero-order valence-corrected chi connectivity index (χ0v) is 6.81. The van der Waals surface area contributed by atoms with Crippen molar-refractivity contribution in [2.75, 3.05) is 6.61 Å². The van der Waals surface area contributed by atoms with Crippen molar-refractivity contribution < 1.29 is 13.5 Å². The van der Waals surface area contributed by atoms with Gasteiger partial charge in [-0.1, -0.05) is 0 Å². The fourth-order valence-corrected chi connectivity index (χ4v) is 0.914. The van der Waals surface area contributed by atoms with Crippen LogP contribution < -0.4 is 0 Å². The first-order chi connectivity index (χ1) is 5.72. The molecule has 0 unspecified atom stereocenters. The Morgan fingerprint density at radius 2 is 1.75 bits per heavy atom. The molecule has 0 N–H and O–H groups in total. The van der Waals surface area contributed by atoms with Gasteiger partial charge in [-0.25, -0.2) is 8.78 Å². The molecule has 0 aromatic heterocycles. The Kier molecular flexibility index (Phi) is 3.17. The Balaban J connectivity index is 2.72. The Hall–Kier alpha value is -0.960. The molecule has 0 heterocycles. The van der Waals surface area contributed by atoms with E-state index in [0.717, 1.165) is 6.07 Å². The summed E-state index contributed by atoms with van der Waals surface area (Å²) in [6.45, 7) is 2.62. The molecule has 0 spiro atoms. The van der Waals surface area contributed by atoms with Crippen molar-refractivity contribution in [2.24, 2.45) is 0 Å². The Morgan fingerprint density at radius 3 is 2.25 bits per heavy atom. The molecule has 0 aliphatic rings. The van der Waals surface area contributed by atoms with Crippen molar-refractivity contribution in [1.29, 1.82) is 0 Å². The largest absolute Gasteiger partial charge is 0.377 e. The number of rotatable bonds is 3. The van der Waals surface area contributed by atoms with Crippen molar-refractivity contribution in [2.45, 2.75) is 13.5 Å². The molecule has 0 aliphatic heterocycles. The van der Waals surface area contributed by atoms with Crippen LogP contribution in [0.2, 0.25) is 0 Å². The van der Waals surface area contributed by atoms with Crippen LogP contribution in [-0.4, -0.2) is 6.61 Å². The van der Waals surface area contributed by atoms with Gasteiger partial charge in [0.25, 0.3) is 0 Å². The Bertz CT molecular complexity index is 240. The quantitative estimate of drug-likeness (QED) is 0.680. The van der Waals surface area contributed by atoms with Crippen LogP contribution in [0, 0.1) is 11.6 Å². The molecule has 0 bridgehead atoms. The normalized spacial score (nSPS) is 10.2.